The van der Waals surface area contributed by atoms with Gasteiger partial charge in [-0.05, 0) is 35.3 Å². The quantitative estimate of drug-likeness (QED) is 0.809. The second kappa shape index (κ2) is 4.48. The van der Waals surface area contributed by atoms with Crippen LogP contribution in [0.3, 0.4) is 0 Å². The predicted octanol–water partition coefficient (Wildman–Crippen LogP) is 1.67. The smallest absolute Gasteiger partial charge is 0.423 e. The standard InChI is InChI=1S/C14H14BNO2/c1-16(12-5-3-2-4-6-12)13-7-8-14-11(9-13)10-18-15(14)17/h2-9,17H,10H2,1H3. The molecule has 90 valence electrons. The molecule has 0 fully saturated rings. The van der Waals surface area contributed by atoms with E-state index in [9.17, 15) is 5.02 Å². The van der Waals surface area contributed by atoms with E-state index in [1.807, 2.05) is 37.4 Å². The minimum Gasteiger partial charge on any atom is -0.423 e. The van der Waals surface area contributed by atoms with Gasteiger partial charge in [-0.15, -0.1) is 0 Å². The summed E-state index contributed by atoms with van der Waals surface area (Å²) in [6.07, 6.45) is 0. The fourth-order valence-corrected chi connectivity index (χ4v) is 2.23. The maximum Gasteiger partial charge on any atom is 0.491 e. The third-order valence-corrected chi connectivity index (χ3v) is 3.32. The number of hydrogen-bond donors (Lipinski definition) is 1. The van der Waals surface area contributed by atoms with E-state index in [0.717, 1.165) is 22.4 Å². The molecule has 0 saturated carbocycles. The summed E-state index contributed by atoms with van der Waals surface area (Å²) in [6.45, 7) is 0.479. The van der Waals surface area contributed by atoms with E-state index in [1.54, 1.807) is 0 Å². The van der Waals surface area contributed by atoms with Crippen molar-refractivity contribution in [3.05, 3.63) is 54.1 Å². The van der Waals surface area contributed by atoms with E-state index in [0.29, 0.717) is 6.61 Å². The third-order valence-electron chi connectivity index (χ3n) is 3.32. The largest absolute Gasteiger partial charge is 0.491 e. The molecule has 2 aromatic carbocycles. The monoisotopic (exact) mass is 239 g/mol. The number of hydrogen-bond acceptors (Lipinski definition) is 3. The highest BCUT2D eigenvalue weighted by Crippen LogP contribution is 2.24. The Morgan fingerprint density at radius 2 is 1.89 bits per heavy atom. The van der Waals surface area contributed by atoms with Gasteiger partial charge in [0.25, 0.3) is 0 Å². The highest BCUT2D eigenvalue weighted by atomic mass is 16.5. The molecule has 3 rings (SSSR count). The maximum atomic E-state index is 9.59. The summed E-state index contributed by atoms with van der Waals surface area (Å²) in [6, 6.07) is 16.2. The number of para-hydroxylation sites is 1. The molecule has 18 heavy (non-hydrogen) atoms. The topological polar surface area (TPSA) is 32.7 Å². The first-order valence-corrected chi connectivity index (χ1v) is 5.97. The number of nitrogens with zero attached hydrogens (tertiary/aromatic N) is 1. The minimum absolute atomic E-state index is 0.479. The van der Waals surface area contributed by atoms with E-state index < -0.39 is 7.12 Å². The Labute approximate surface area is 107 Å². The van der Waals surface area contributed by atoms with Gasteiger partial charge in [0.1, 0.15) is 0 Å². The third kappa shape index (κ3) is 1.90. The molecule has 0 saturated heterocycles. The van der Waals surface area contributed by atoms with Crippen molar-refractivity contribution in [2.24, 2.45) is 0 Å². The lowest BCUT2D eigenvalue weighted by molar-refractivity contribution is 0.275. The lowest BCUT2D eigenvalue weighted by atomic mass is 9.79. The molecule has 1 aliphatic heterocycles. The molecular weight excluding hydrogens is 225 g/mol. The molecule has 0 bridgehead atoms. The predicted molar refractivity (Wildman–Crippen MR) is 73.3 cm³/mol. The molecule has 0 radical (unpaired) electrons. The van der Waals surface area contributed by atoms with Crippen LogP contribution in [0.4, 0.5) is 11.4 Å². The molecule has 1 N–H and O–H groups in total. The first-order valence-electron chi connectivity index (χ1n) is 5.97. The van der Waals surface area contributed by atoms with Crippen LogP contribution in [-0.4, -0.2) is 19.2 Å². The van der Waals surface area contributed by atoms with Crippen LogP contribution in [0.2, 0.25) is 0 Å². The van der Waals surface area contributed by atoms with Gasteiger partial charge in [0.15, 0.2) is 0 Å². The molecule has 1 aliphatic rings. The first kappa shape index (κ1) is 11.3. The second-order valence-corrected chi connectivity index (χ2v) is 4.44. The van der Waals surface area contributed by atoms with E-state index in [1.165, 1.54) is 0 Å². The lowest BCUT2D eigenvalue weighted by Crippen LogP contribution is -2.28. The zero-order chi connectivity index (χ0) is 12.5. The fourth-order valence-electron chi connectivity index (χ4n) is 2.23. The van der Waals surface area contributed by atoms with Crippen LogP contribution in [0.1, 0.15) is 5.56 Å². The second-order valence-electron chi connectivity index (χ2n) is 4.44. The molecule has 0 unspecified atom stereocenters. The highest BCUT2D eigenvalue weighted by molar-refractivity contribution is 6.61. The molecule has 0 aliphatic carbocycles. The van der Waals surface area contributed by atoms with Crippen molar-refractivity contribution in [3.63, 3.8) is 0 Å². The van der Waals surface area contributed by atoms with E-state index >= 15 is 0 Å². The van der Waals surface area contributed by atoms with Gasteiger partial charge in [-0.25, -0.2) is 0 Å². The first-order chi connectivity index (χ1) is 8.75. The van der Waals surface area contributed by atoms with Gasteiger partial charge >= 0.3 is 7.12 Å². The van der Waals surface area contributed by atoms with E-state index in [2.05, 4.69) is 23.1 Å². The van der Waals surface area contributed by atoms with Gasteiger partial charge in [0, 0.05) is 18.4 Å². The fraction of sp³-hybridized carbons (Fsp3) is 0.143. The van der Waals surface area contributed by atoms with Crippen molar-refractivity contribution in [2.45, 2.75) is 6.61 Å². The number of rotatable bonds is 2. The minimum atomic E-state index is -0.768. The average molecular weight is 239 g/mol. The summed E-state index contributed by atoms with van der Waals surface area (Å²) < 4.78 is 5.20. The van der Waals surface area contributed by atoms with Crippen LogP contribution >= 0.6 is 0 Å². The summed E-state index contributed by atoms with van der Waals surface area (Å²) in [7, 11) is 1.26. The Bertz CT molecular complexity index is 559. The lowest BCUT2D eigenvalue weighted by Gasteiger charge is -2.20. The summed E-state index contributed by atoms with van der Waals surface area (Å²) >= 11 is 0. The molecule has 0 amide bonds. The van der Waals surface area contributed by atoms with Crippen molar-refractivity contribution in [3.8, 4) is 0 Å². The normalized spacial score (nSPS) is 13.6. The Hall–Kier alpha value is -1.78. The van der Waals surface area contributed by atoms with Crippen LogP contribution in [0, 0.1) is 0 Å². The molecule has 2 aromatic rings. The molecule has 0 spiro atoms. The summed E-state index contributed by atoms with van der Waals surface area (Å²) in [4.78, 5) is 2.12. The Kier molecular flexibility index (Phi) is 2.82. The molecule has 0 aromatic heterocycles. The molecule has 3 nitrogen and oxygen atoms in total. The molecule has 0 atom stereocenters. The van der Waals surface area contributed by atoms with Gasteiger partial charge < -0.3 is 14.6 Å². The van der Waals surface area contributed by atoms with Gasteiger partial charge in [0.05, 0.1) is 6.61 Å². The van der Waals surface area contributed by atoms with E-state index in [-0.39, 0.29) is 0 Å². The average Bonchev–Trinajstić information content (AvgIpc) is 2.80. The number of fused-ring (bicyclic) bond motifs is 1. The zero-order valence-electron chi connectivity index (χ0n) is 10.2. The summed E-state index contributed by atoms with van der Waals surface area (Å²) in [5.41, 5.74) is 4.16. The van der Waals surface area contributed by atoms with Crippen LogP contribution in [0.5, 0.6) is 0 Å². The van der Waals surface area contributed by atoms with Crippen LogP contribution < -0.4 is 10.4 Å². The van der Waals surface area contributed by atoms with Crippen LogP contribution in [0.25, 0.3) is 0 Å². The zero-order valence-corrected chi connectivity index (χ0v) is 10.2. The molecule has 1 heterocycles. The van der Waals surface area contributed by atoms with Crippen LogP contribution in [0.15, 0.2) is 48.5 Å². The Balaban J connectivity index is 1.94. The highest BCUT2D eigenvalue weighted by Gasteiger charge is 2.27. The summed E-state index contributed by atoms with van der Waals surface area (Å²) in [5, 5.41) is 9.59. The van der Waals surface area contributed by atoms with Crippen molar-refractivity contribution in [1.29, 1.82) is 0 Å². The summed E-state index contributed by atoms with van der Waals surface area (Å²) in [5.74, 6) is 0. The molecule has 4 heteroatoms. The molecular formula is C14H14BNO2. The SMILES string of the molecule is CN(c1ccccc1)c1ccc2c(c1)COB2O. The van der Waals surface area contributed by atoms with Gasteiger partial charge in [-0.1, -0.05) is 24.3 Å². The Morgan fingerprint density at radius 1 is 1.11 bits per heavy atom. The van der Waals surface area contributed by atoms with Gasteiger partial charge in [-0.3, -0.25) is 0 Å². The van der Waals surface area contributed by atoms with Gasteiger partial charge in [0.2, 0.25) is 0 Å². The number of anilines is 2. The Morgan fingerprint density at radius 3 is 2.67 bits per heavy atom. The van der Waals surface area contributed by atoms with Crippen molar-refractivity contribution in [2.75, 3.05) is 11.9 Å². The van der Waals surface area contributed by atoms with Crippen molar-refractivity contribution < 1.29 is 9.68 Å². The van der Waals surface area contributed by atoms with Crippen molar-refractivity contribution in [1.82, 2.24) is 0 Å². The van der Waals surface area contributed by atoms with Crippen molar-refractivity contribution >= 4 is 24.0 Å². The van der Waals surface area contributed by atoms with Gasteiger partial charge in [-0.2, -0.15) is 0 Å². The van der Waals surface area contributed by atoms with E-state index in [4.69, 9.17) is 4.65 Å². The van der Waals surface area contributed by atoms with Crippen LogP contribution in [-0.2, 0) is 11.3 Å². The number of benzene rings is 2. The maximum absolute atomic E-state index is 9.59.